The molecule has 0 aromatic heterocycles. The molecule has 1 aliphatic heterocycles. The summed E-state index contributed by atoms with van der Waals surface area (Å²) in [6, 6.07) is 3.42. The van der Waals surface area contributed by atoms with Crippen LogP contribution in [0.25, 0.3) is 0 Å². The third-order valence-electron chi connectivity index (χ3n) is 4.44. The van der Waals surface area contributed by atoms with E-state index < -0.39 is 22.0 Å². The fourth-order valence-corrected chi connectivity index (χ4v) is 4.74. The minimum atomic E-state index is -4.10. The van der Waals surface area contributed by atoms with Crippen LogP contribution in [0, 0.1) is 6.92 Å². The van der Waals surface area contributed by atoms with E-state index in [-0.39, 0.29) is 23.6 Å². The number of carbonyl (C=O) groups is 2. The van der Waals surface area contributed by atoms with Gasteiger partial charge < -0.3 is 9.64 Å². The van der Waals surface area contributed by atoms with Crippen LogP contribution in [0.15, 0.2) is 23.1 Å². The number of amides is 2. The molecule has 0 spiro atoms. The molecule has 1 aliphatic rings. The van der Waals surface area contributed by atoms with Gasteiger partial charge in [-0.05, 0) is 51.0 Å². The number of methoxy groups -OCH3 is 1. The Bertz CT molecular complexity index is 771. The van der Waals surface area contributed by atoms with Crippen LogP contribution in [0.3, 0.4) is 0 Å². The van der Waals surface area contributed by atoms with Gasteiger partial charge in [0.15, 0.2) is 0 Å². The molecule has 25 heavy (non-hydrogen) atoms. The highest BCUT2D eigenvalue weighted by Crippen LogP contribution is 2.30. The number of rotatable bonds is 6. The molecule has 0 saturated carbocycles. The van der Waals surface area contributed by atoms with Crippen molar-refractivity contribution >= 4 is 21.8 Å². The van der Waals surface area contributed by atoms with E-state index in [4.69, 9.17) is 4.74 Å². The molecule has 0 aliphatic carbocycles. The highest BCUT2D eigenvalue weighted by Gasteiger charge is 2.45. The van der Waals surface area contributed by atoms with Crippen molar-refractivity contribution < 1.29 is 22.7 Å². The average Bonchev–Trinajstić information content (AvgIpc) is 2.98. The Balaban J connectivity index is 2.43. The molecule has 138 valence electrons. The summed E-state index contributed by atoms with van der Waals surface area (Å²) in [7, 11) is -2.60. The van der Waals surface area contributed by atoms with Crippen LogP contribution in [0.5, 0.6) is 5.75 Å². The van der Waals surface area contributed by atoms with Crippen LogP contribution in [-0.4, -0.2) is 55.7 Å². The number of ether oxygens (including phenoxy) is 1. The van der Waals surface area contributed by atoms with Crippen molar-refractivity contribution in [2.45, 2.75) is 44.6 Å². The van der Waals surface area contributed by atoms with Gasteiger partial charge in [-0.3, -0.25) is 9.59 Å². The predicted molar refractivity (Wildman–Crippen MR) is 92.7 cm³/mol. The first-order valence-electron chi connectivity index (χ1n) is 8.28. The number of aryl methyl sites for hydroxylation is 1. The first kappa shape index (κ1) is 19.2. The second kappa shape index (κ2) is 7.43. The van der Waals surface area contributed by atoms with E-state index in [1.165, 1.54) is 19.2 Å². The van der Waals surface area contributed by atoms with Gasteiger partial charge in [-0.2, -0.15) is 0 Å². The molecule has 1 heterocycles. The topological polar surface area (TPSA) is 84.0 Å². The van der Waals surface area contributed by atoms with Crippen LogP contribution in [0.1, 0.15) is 32.3 Å². The lowest BCUT2D eigenvalue weighted by atomic mass is 10.2. The summed E-state index contributed by atoms with van der Waals surface area (Å²) in [5.74, 6) is -0.314. The van der Waals surface area contributed by atoms with Gasteiger partial charge in [0.05, 0.1) is 12.0 Å². The van der Waals surface area contributed by atoms with Crippen molar-refractivity contribution in [1.29, 1.82) is 0 Å². The van der Waals surface area contributed by atoms with Crippen LogP contribution >= 0.6 is 0 Å². The van der Waals surface area contributed by atoms with E-state index >= 15 is 0 Å². The Morgan fingerprint density at radius 3 is 2.48 bits per heavy atom. The number of hydrogen-bond acceptors (Lipinski definition) is 5. The van der Waals surface area contributed by atoms with E-state index in [1.807, 2.05) is 13.8 Å². The highest BCUT2D eigenvalue weighted by atomic mass is 32.2. The Morgan fingerprint density at radius 2 is 1.96 bits per heavy atom. The number of hydrogen-bond donors (Lipinski definition) is 0. The molecule has 1 fully saturated rings. The van der Waals surface area contributed by atoms with Gasteiger partial charge in [-0.15, -0.1) is 0 Å². The molecule has 1 atom stereocenters. The van der Waals surface area contributed by atoms with Gasteiger partial charge in [0.1, 0.15) is 11.8 Å². The Kier molecular flexibility index (Phi) is 5.72. The number of nitrogens with zero attached hydrogens (tertiary/aromatic N) is 2. The Labute approximate surface area is 148 Å². The van der Waals surface area contributed by atoms with Crippen molar-refractivity contribution in [1.82, 2.24) is 9.21 Å². The van der Waals surface area contributed by atoms with Crippen LogP contribution in [0.2, 0.25) is 0 Å². The van der Waals surface area contributed by atoms with Gasteiger partial charge in [0, 0.05) is 19.5 Å². The summed E-state index contributed by atoms with van der Waals surface area (Å²) in [5.41, 5.74) is 0.641. The van der Waals surface area contributed by atoms with Crippen LogP contribution in [0.4, 0.5) is 0 Å². The van der Waals surface area contributed by atoms with Crippen molar-refractivity contribution in [3.8, 4) is 5.75 Å². The van der Waals surface area contributed by atoms with Crippen molar-refractivity contribution in [3.63, 3.8) is 0 Å². The van der Waals surface area contributed by atoms with E-state index in [1.54, 1.807) is 17.9 Å². The molecule has 1 saturated heterocycles. The molecule has 1 aromatic rings. The lowest BCUT2D eigenvalue weighted by molar-refractivity contribution is -0.137. The van der Waals surface area contributed by atoms with Gasteiger partial charge in [-0.1, -0.05) is 0 Å². The molecule has 0 bridgehead atoms. The molecular weight excluding hydrogens is 344 g/mol. The summed E-state index contributed by atoms with van der Waals surface area (Å²) in [4.78, 5) is 26.5. The first-order valence-corrected chi connectivity index (χ1v) is 9.72. The Morgan fingerprint density at radius 1 is 1.32 bits per heavy atom. The minimum absolute atomic E-state index is 0.0154. The lowest BCUT2D eigenvalue weighted by Gasteiger charge is -2.28. The van der Waals surface area contributed by atoms with Crippen LogP contribution in [-0.2, 0) is 19.6 Å². The molecule has 2 amide bonds. The summed E-state index contributed by atoms with van der Waals surface area (Å²) < 4.78 is 31.9. The standard InChI is InChI=1S/C17H24N2O5S/c1-5-18(6-2)17(21)14-8-10-16(20)19(14)25(22,23)13-7-9-15(24-4)12(3)11-13/h7,9,11,14H,5-6,8,10H2,1-4H3/t14-/m0/s1. The maximum absolute atomic E-state index is 13.0. The SMILES string of the molecule is CCN(CC)C(=O)[C@@H]1CCC(=O)N1S(=O)(=O)c1ccc(OC)c(C)c1. The zero-order valence-corrected chi connectivity index (χ0v) is 15.8. The quantitative estimate of drug-likeness (QED) is 0.761. The fraction of sp³-hybridized carbons (Fsp3) is 0.529. The lowest BCUT2D eigenvalue weighted by Crippen LogP contribution is -2.49. The average molecular weight is 368 g/mol. The van der Waals surface area contributed by atoms with E-state index in [9.17, 15) is 18.0 Å². The number of likely N-dealkylation sites (N-methyl/N-ethyl adjacent to an activating group) is 1. The smallest absolute Gasteiger partial charge is 0.267 e. The summed E-state index contributed by atoms with van der Waals surface area (Å²) in [6.07, 6.45) is 0.259. The zero-order valence-electron chi connectivity index (χ0n) is 15.0. The number of benzene rings is 1. The van der Waals surface area contributed by atoms with Gasteiger partial charge in [0.25, 0.3) is 10.0 Å². The molecule has 2 rings (SSSR count). The highest BCUT2D eigenvalue weighted by molar-refractivity contribution is 7.89. The molecule has 1 aromatic carbocycles. The normalized spacial score (nSPS) is 17.7. The monoisotopic (exact) mass is 368 g/mol. The fourth-order valence-electron chi connectivity index (χ4n) is 3.06. The van der Waals surface area contributed by atoms with Gasteiger partial charge in [-0.25, -0.2) is 12.7 Å². The Hall–Kier alpha value is -2.09. The summed E-state index contributed by atoms with van der Waals surface area (Å²) >= 11 is 0. The van der Waals surface area contributed by atoms with Crippen molar-refractivity contribution in [2.24, 2.45) is 0 Å². The number of carbonyl (C=O) groups excluding carboxylic acids is 2. The van der Waals surface area contributed by atoms with Crippen LogP contribution < -0.4 is 4.74 Å². The third-order valence-corrected chi connectivity index (χ3v) is 6.27. The summed E-state index contributed by atoms with van der Waals surface area (Å²) in [6.45, 7) is 6.31. The molecular formula is C17H24N2O5S. The molecule has 7 nitrogen and oxygen atoms in total. The van der Waals surface area contributed by atoms with E-state index in [0.717, 1.165) is 4.31 Å². The van der Waals surface area contributed by atoms with Gasteiger partial charge in [0.2, 0.25) is 11.8 Å². The predicted octanol–water partition coefficient (Wildman–Crippen LogP) is 1.55. The molecule has 0 unspecified atom stereocenters. The second-order valence-electron chi connectivity index (χ2n) is 5.89. The third kappa shape index (κ3) is 3.49. The maximum Gasteiger partial charge on any atom is 0.267 e. The van der Waals surface area contributed by atoms with Crippen molar-refractivity contribution in [2.75, 3.05) is 20.2 Å². The molecule has 8 heteroatoms. The van der Waals surface area contributed by atoms with Gasteiger partial charge >= 0.3 is 0 Å². The second-order valence-corrected chi connectivity index (χ2v) is 7.71. The molecule has 0 radical (unpaired) electrons. The first-order chi connectivity index (χ1) is 11.8. The summed E-state index contributed by atoms with van der Waals surface area (Å²) in [5, 5.41) is 0. The molecule has 0 N–H and O–H groups in total. The number of sulfonamides is 1. The largest absolute Gasteiger partial charge is 0.496 e. The maximum atomic E-state index is 13.0. The van der Waals surface area contributed by atoms with E-state index in [2.05, 4.69) is 0 Å². The zero-order chi connectivity index (χ0) is 18.8. The van der Waals surface area contributed by atoms with Crippen molar-refractivity contribution in [3.05, 3.63) is 23.8 Å². The van der Waals surface area contributed by atoms with E-state index in [0.29, 0.717) is 24.4 Å². The minimum Gasteiger partial charge on any atom is -0.496 e.